The number of piperidine rings is 1. The van der Waals surface area contributed by atoms with Crippen molar-refractivity contribution in [1.82, 2.24) is 44.8 Å². The maximum Gasteiger partial charge on any atom is 0.317 e. The van der Waals surface area contributed by atoms with Crippen molar-refractivity contribution < 1.29 is 9.53 Å². The summed E-state index contributed by atoms with van der Waals surface area (Å²) in [6.45, 7) is 13.8. The predicted molar refractivity (Wildman–Crippen MR) is 210 cm³/mol. The fourth-order valence-electron chi connectivity index (χ4n) is 7.73. The number of urea groups is 1. The first kappa shape index (κ1) is 37.1. The van der Waals surface area contributed by atoms with E-state index in [0.29, 0.717) is 25.6 Å². The Balaban J connectivity index is 0.953. The molecule has 12 heteroatoms. The summed E-state index contributed by atoms with van der Waals surface area (Å²) in [5, 5.41) is 11.0. The topological polar surface area (TPSA) is 126 Å². The highest BCUT2D eigenvalue weighted by atomic mass is 16.5. The van der Waals surface area contributed by atoms with Crippen molar-refractivity contribution in [2.24, 2.45) is 0 Å². The van der Waals surface area contributed by atoms with Gasteiger partial charge in [0.05, 0.1) is 66.3 Å². The number of carbonyl (C=O) groups excluding carboxylic acids is 1. The van der Waals surface area contributed by atoms with Crippen LogP contribution >= 0.6 is 0 Å². The van der Waals surface area contributed by atoms with Crippen LogP contribution in [0.5, 0.6) is 0 Å². The molecule has 12 nitrogen and oxygen atoms in total. The summed E-state index contributed by atoms with van der Waals surface area (Å²) in [6.07, 6.45) is 14.0. The molecule has 2 amide bonds. The molecule has 4 aromatic heterocycles. The number of aromatic nitrogens is 6. The van der Waals surface area contributed by atoms with Gasteiger partial charge in [-0.25, -0.2) is 14.8 Å². The molecule has 2 aliphatic heterocycles. The Labute approximate surface area is 318 Å². The Morgan fingerprint density at radius 2 is 1.61 bits per heavy atom. The molecule has 282 valence electrons. The average molecular weight is 729 g/mol. The Hall–Kier alpha value is -5.20. The Morgan fingerprint density at radius 3 is 2.28 bits per heavy atom. The van der Waals surface area contributed by atoms with Gasteiger partial charge in [0.15, 0.2) is 0 Å². The van der Waals surface area contributed by atoms with Gasteiger partial charge in [0, 0.05) is 50.0 Å². The number of benzene rings is 1. The van der Waals surface area contributed by atoms with Crippen molar-refractivity contribution in [3.8, 4) is 11.3 Å². The summed E-state index contributed by atoms with van der Waals surface area (Å²) >= 11 is 0. The van der Waals surface area contributed by atoms with Crippen LogP contribution in [0.3, 0.4) is 0 Å². The number of likely N-dealkylation sites (tertiary alicyclic amines) is 2. The number of carbonyl (C=O) groups is 1. The Kier molecular flexibility index (Phi) is 11.6. The Bertz CT molecular complexity index is 1990. The number of anilines is 2. The van der Waals surface area contributed by atoms with Crippen LogP contribution in [0.1, 0.15) is 85.3 Å². The molecule has 0 unspecified atom stereocenters. The number of rotatable bonds is 13. The molecule has 6 heterocycles. The lowest BCUT2D eigenvalue weighted by molar-refractivity contribution is -0.0641. The zero-order valence-electron chi connectivity index (χ0n) is 32.1. The lowest BCUT2D eigenvalue weighted by Crippen LogP contribution is -2.58. The van der Waals surface area contributed by atoms with Gasteiger partial charge in [0.1, 0.15) is 0 Å². The van der Waals surface area contributed by atoms with E-state index in [-0.39, 0.29) is 30.3 Å². The third-order valence-corrected chi connectivity index (χ3v) is 10.5. The molecular formula is C42H52N10O2. The fourth-order valence-corrected chi connectivity index (χ4v) is 7.73. The van der Waals surface area contributed by atoms with Crippen LogP contribution in [0.25, 0.3) is 11.3 Å². The average Bonchev–Trinajstić information content (AvgIpc) is 3.59. The van der Waals surface area contributed by atoms with Crippen molar-refractivity contribution in [1.29, 1.82) is 0 Å². The molecule has 1 aromatic carbocycles. The van der Waals surface area contributed by atoms with Crippen molar-refractivity contribution in [3.05, 3.63) is 113 Å². The normalized spacial score (nSPS) is 17.8. The summed E-state index contributed by atoms with van der Waals surface area (Å²) < 4.78 is 7.75. The standard InChI is InChI=1S/C42H52N10O2/c1-28(2)54-35-26-50(27-35)42(53)46-23-33-15-14-32(22-31(33)5)36-16-19-45-41(49-36)48-34-24-47-51(25-34)20-9-21-52-37(39-29(3)10-7-17-43-39)12-6-13-38(52)40-30(4)11-8-18-44-40/h7-8,10-11,14-19,22,24-25,28,35,37-38H,6,9,12-13,20-21,23,26-27H2,1-5H3,(H,46,53)(H,45,48,49)/t37-,38+. The van der Waals surface area contributed by atoms with E-state index in [0.717, 1.165) is 66.8 Å². The second kappa shape index (κ2) is 16.9. The van der Waals surface area contributed by atoms with E-state index in [1.807, 2.05) is 73.6 Å². The maximum atomic E-state index is 12.6. The van der Waals surface area contributed by atoms with Crippen LogP contribution in [0.4, 0.5) is 16.4 Å². The zero-order valence-corrected chi connectivity index (χ0v) is 32.1. The van der Waals surface area contributed by atoms with E-state index in [4.69, 9.17) is 19.7 Å². The third kappa shape index (κ3) is 8.77. The largest absolute Gasteiger partial charge is 0.372 e. The summed E-state index contributed by atoms with van der Waals surface area (Å²) in [5.74, 6) is 0.505. The first-order valence-electron chi connectivity index (χ1n) is 19.2. The number of aryl methyl sites for hydroxylation is 4. The van der Waals surface area contributed by atoms with Gasteiger partial charge in [0.25, 0.3) is 0 Å². The van der Waals surface area contributed by atoms with E-state index in [9.17, 15) is 4.79 Å². The number of nitrogens with zero attached hydrogens (tertiary/aromatic N) is 8. The molecule has 0 saturated carbocycles. The summed E-state index contributed by atoms with van der Waals surface area (Å²) in [7, 11) is 0. The minimum absolute atomic E-state index is 0.0624. The lowest BCUT2D eigenvalue weighted by Gasteiger charge is -2.42. The molecule has 2 fully saturated rings. The smallest absolute Gasteiger partial charge is 0.317 e. The Morgan fingerprint density at radius 1 is 0.889 bits per heavy atom. The summed E-state index contributed by atoms with van der Waals surface area (Å²) in [4.78, 5) is 36.0. The second-order valence-corrected chi connectivity index (χ2v) is 14.9. The van der Waals surface area contributed by atoms with Crippen LogP contribution in [0.2, 0.25) is 0 Å². The highest BCUT2D eigenvalue weighted by Crippen LogP contribution is 2.42. The lowest BCUT2D eigenvalue weighted by atomic mass is 9.88. The van der Waals surface area contributed by atoms with Gasteiger partial charge >= 0.3 is 6.03 Å². The first-order chi connectivity index (χ1) is 26.2. The van der Waals surface area contributed by atoms with Gasteiger partial charge in [-0.3, -0.25) is 19.5 Å². The molecule has 0 spiro atoms. The molecule has 7 rings (SSSR count). The molecule has 2 aliphatic rings. The maximum absolute atomic E-state index is 12.6. The molecule has 0 bridgehead atoms. The van der Waals surface area contributed by atoms with Crippen LogP contribution < -0.4 is 10.6 Å². The van der Waals surface area contributed by atoms with Gasteiger partial charge in [-0.05, 0) is 107 Å². The predicted octanol–water partition coefficient (Wildman–Crippen LogP) is 7.48. The van der Waals surface area contributed by atoms with Crippen LogP contribution in [-0.4, -0.2) is 77.4 Å². The van der Waals surface area contributed by atoms with Gasteiger partial charge in [-0.2, -0.15) is 5.10 Å². The number of pyridine rings is 2. The molecule has 0 radical (unpaired) electrons. The second-order valence-electron chi connectivity index (χ2n) is 14.9. The van der Waals surface area contributed by atoms with Crippen molar-refractivity contribution >= 4 is 17.7 Å². The summed E-state index contributed by atoms with van der Waals surface area (Å²) in [5.41, 5.74) is 9.60. The van der Waals surface area contributed by atoms with Crippen LogP contribution in [-0.2, 0) is 17.8 Å². The number of nitrogens with one attached hydrogen (secondary N) is 2. The van der Waals surface area contributed by atoms with Crippen LogP contribution in [0, 0.1) is 20.8 Å². The molecule has 0 aliphatic carbocycles. The van der Waals surface area contributed by atoms with Gasteiger partial charge in [-0.15, -0.1) is 0 Å². The zero-order chi connectivity index (χ0) is 37.6. The van der Waals surface area contributed by atoms with E-state index in [2.05, 4.69) is 64.6 Å². The van der Waals surface area contributed by atoms with E-state index < -0.39 is 0 Å². The number of hydrogen-bond donors (Lipinski definition) is 2. The van der Waals surface area contributed by atoms with Crippen molar-refractivity contribution in [2.45, 2.75) is 97.7 Å². The molecule has 2 N–H and O–H groups in total. The van der Waals surface area contributed by atoms with Gasteiger partial charge in [-0.1, -0.05) is 24.3 Å². The quantitative estimate of drug-likeness (QED) is 0.127. The molecule has 2 saturated heterocycles. The van der Waals surface area contributed by atoms with Crippen LogP contribution in [0.15, 0.2) is 79.5 Å². The third-order valence-electron chi connectivity index (χ3n) is 10.5. The van der Waals surface area contributed by atoms with Gasteiger partial charge < -0.3 is 20.3 Å². The SMILES string of the molecule is Cc1cc(-c2ccnc(Nc3cnn(CCCN4[C@@H](c5ncccc5C)CCC[C@H]4c4ncccc4C)c3)n2)ccc1CNC(=O)N1CC(OC(C)C)C1. The van der Waals surface area contributed by atoms with E-state index in [1.165, 1.54) is 22.5 Å². The van der Waals surface area contributed by atoms with Crippen molar-refractivity contribution in [3.63, 3.8) is 0 Å². The minimum atomic E-state index is -0.0624. The number of ether oxygens (including phenoxy) is 1. The monoisotopic (exact) mass is 728 g/mol. The molecule has 54 heavy (non-hydrogen) atoms. The molecular weight excluding hydrogens is 677 g/mol. The summed E-state index contributed by atoms with van der Waals surface area (Å²) in [6, 6.07) is 16.9. The minimum Gasteiger partial charge on any atom is -0.372 e. The number of amides is 2. The van der Waals surface area contributed by atoms with Gasteiger partial charge in [0.2, 0.25) is 5.95 Å². The highest BCUT2D eigenvalue weighted by Gasteiger charge is 2.35. The fraction of sp³-hybridized carbons (Fsp3) is 0.429. The highest BCUT2D eigenvalue weighted by molar-refractivity contribution is 5.75. The molecule has 2 atom stereocenters. The first-order valence-corrected chi connectivity index (χ1v) is 19.2. The van der Waals surface area contributed by atoms with Crippen molar-refractivity contribution in [2.75, 3.05) is 25.0 Å². The van der Waals surface area contributed by atoms with E-state index >= 15 is 0 Å². The number of hydrogen-bond acceptors (Lipinski definition) is 9. The molecule has 5 aromatic rings. The van der Waals surface area contributed by atoms with E-state index in [1.54, 1.807) is 11.1 Å².